The number of anilines is 1. The molecule has 1 fully saturated rings. The number of aromatic nitrogens is 2. The number of cyclic esters (lactones) is 1. The molecule has 1 N–H and O–H groups in total. The second kappa shape index (κ2) is 5.17. The molecule has 1 aliphatic heterocycles. The SMILES string of the molecule is Cc1cncn1-c1ccc(N2C[C@H](CO)OC2=O)cc1F. The Kier molecular flexibility index (Phi) is 3.34. The number of aryl methyl sites for hydroxylation is 1. The second-order valence-corrected chi connectivity index (χ2v) is 4.84. The van der Waals surface area contributed by atoms with E-state index in [1.807, 2.05) is 6.92 Å². The normalized spacial score (nSPS) is 18.1. The first-order valence-corrected chi connectivity index (χ1v) is 6.48. The van der Waals surface area contributed by atoms with Crippen LogP contribution in [-0.2, 0) is 4.74 Å². The molecule has 1 atom stereocenters. The van der Waals surface area contributed by atoms with Crippen LogP contribution in [0.25, 0.3) is 5.69 Å². The maximum Gasteiger partial charge on any atom is 0.414 e. The summed E-state index contributed by atoms with van der Waals surface area (Å²) < 4.78 is 20.8. The molecular weight excluding hydrogens is 277 g/mol. The molecule has 0 bridgehead atoms. The molecule has 6 nitrogen and oxygen atoms in total. The summed E-state index contributed by atoms with van der Waals surface area (Å²) in [5.41, 5.74) is 1.57. The van der Waals surface area contributed by atoms with Crippen molar-refractivity contribution in [1.29, 1.82) is 0 Å². The molecule has 1 saturated heterocycles. The highest BCUT2D eigenvalue weighted by atomic mass is 19.1. The van der Waals surface area contributed by atoms with Crippen LogP contribution in [0.2, 0.25) is 0 Å². The molecule has 2 aromatic rings. The summed E-state index contributed by atoms with van der Waals surface area (Å²) in [7, 11) is 0. The van der Waals surface area contributed by atoms with Crippen LogP contribution in [0.15, 0.2) is 30.7 Å². The van der Waals surface area contributed by atoms with Crippen LogP contribution in [-0.4, -0.2) is 40.0 Å². The maximum atomic E-state index is 14.3. The first-order valence-electron chi connectivity index (χ1n) is 6.48. The zero-order chi connectivity index (χ0) is 15.0. The standard InChI is InChI=1S/C14H14FN3O3/c1-9-5-16-8-18(9)13-3-2-10(4-12(13)15)17-6-11(7-19)21-14(17)20/h2-5,8,11,19H,6-7H2,1H3/t11-/m1/s1. The number of ether oxygens (including phenoxy) is 1. The van der Waals surface area contributed by atoms with Gasteiger partial charge in [-0.1, -0.05) is 0 Å². The van der Waals surface area contributed by atoms with E-state index in [-0.39, 0.29) is 13.2 Å². The number of imidazole rings is 1. The van der Waals surface area contributed by atoms with Crippen molar-refractivity contribution < 1.29 is 19.0 Å². The first kappa shape index (κ1) is 13.6. The molecular formula is C14H14FN3O3. The minimum Gasteiger partial charge on any atom is -0.441 e. The number of aliphatic hydroxyl groups excluding tert-OH is 1. The number of rotatable bonds is 3. The predicted octanol–water partition coefficient (Wildman–Crippen LogP) is 1.64. The molecule has 2 heterocycles. The van der Waals surface area contributed by atoms with Gasteiger partial charge in [-0.15, -0.1) is 0 Å². The Hall–Kier alpha value is -2.41. The molecule has 0 spiro atoms. The lowest BCUT2D eigenvalue weighted by molar-refractivity contribution is 0.0963. The van der Waals surface area contributed by atoms with Crippen molar-refractivity contribution in [3.63, 3.8) is 0 Å². The number of amides is 1. The van der Waals surface area contributed by atoms with Crippen LogP contribution in [0.1, 0.15) is 5.69 Å². The quantitative estimate of drug-likeness (QED) is 0.933. The molecule has 7 heteroatoms. The molecule has 0 aliphatic carbocycles. The van der Waals surface area contributed by atoms with Crippen molar-refractivity contribution in [3.05, 3.63) is 42.2 Å². The highest BCUT2D eigenvalue weighted by Crippen LogP contribution is 2.25. The summed E-state index contributed by atoms with van der Waals surface area (Å²) in [4.78, 5) is 16.9. The molecule has 0 saturated carbocycles. The summed E-state index contributed by atoms with van der Waals surface area (Å²) in [6.45, 7) is 1.78. The first-order chi connectivity index (χ1) is 10.1. The van der Waals surface area contributed by atoms with Crippen LogP contribution in [0.4, 0.5) is 14.9 Å². The molecule has 1 aromatic heterocycles. The summed E-state index contributed by atoms with van der Waals surface area (Å²) >= 11 is 0. The van der Waals surface area contributed by atoms with Gasteiger partial charge < -0.3 is 14.4 Å². The fourth-order valence-electron chi connectivity index (χ4n) is 2.30. The Balaban J connectivity index is 1.92. The van der Waals surface area contributed by atoms with E-state index in [2.05, 4.69) is 4.98 Å². The second-order valence-electron chi connectivity index (χ2n) is 4.84. The Morgan fingerprint density at radius 2 is 2.33 bits per heavy atom. The molecule has 0 radical (unpaired) electrons. The molecule has 1 aromatic carbocycles. The van der Waals surface area contributed by atoms with Gasteiger partial charge in [-0.2, -0.15) is 0 Å². The van der Waals surface area contributed by atoms with Crippen molar-refractivity contribution in [1.82, 2.24) is 9.55 Å². The zero-order valence-electron chi connectivity index (χ0n) is 11.4. The minimum absolute atomic E-state index is 0.207. The van der Waals surface area contributed by atoms with E-state index < -0.39 is 18.0 Å². The lowest BCUT2D eigenvalue weighted by Crippen LogP contribution is -2.25. The Morgan fingerprint density at radius 1 is 1.52 bits per heavy atom. The van der Waals surface area contributed by atoms with Gasteiger partial charge in [0, 0.05) is 11.9 Å². The van der Waals surface area contributed by atoms with Gasteiger partial charge >= 0.3 is 6.09 Å². The number of hydrogen-bond donors (Lipinski definition) is 1. The Bertz CT molecular complexity index is 686. The molecule has 110 valence electrons. The van der Waals surface area contributed by atoms with Gasteiger partial charge in [0.2, 0.25) is 0 Å². The fourth-order valence-corrected chi connectivity index (χ4v) is 2.30. The van der Waals surface area contributed by atoms with E-state index in [9.17, 15) is 9.18 Å². The van der Waals surface area contributed by atoms with Gasteiger partial charge in [-0.05, 0) is 25.1 Å². The highest BCUT2D eigenvalue weighted by molar-refractivity contribution is 5.89. The molecule has 3 rings (SSSR count). The summed E-state index contributed by atoms with van der Waals surface area (Å²) in [5, 5.41) is 9.01. The third kappa shape index (κ3) is 2.36. The molecule has 0 unspecified atom stereocenters. The molecule has 21 heavy (non-hydrogen) atoms. The average molecular weight is 291 g/mol. The molecule has 1 aliphatic rings. The number of carbonyl (C=O) groups is 1. The number of aliphatic hydroxyl groups is 1. The van der Waals surface area contributed by atoms with E-state index in [0.717, 1.165) is 5.69 Å². The van der Waals surface area contributed by atoms with Gasteiger partial charge in [0.1, 0.15) is 11.9 Å². The third-order valence-corrected chi connectivity index (χ3v) is 3.40. The van der Waals surface area contributed by atoms with Crippen LogP contribution in [0.3, 0.4) is 0 Å². The smallest absolute Gasteiger partial charge is 0.414 e. The van der Waals surface area contributed by atoms with Crippen LogP contribution in [0.5, 0.6) is 0 Å². The van der Waals surface area contributed by atoms with Gasteiger partial charge in [0.15, 0.2) is 0 Å². The number of nitrogens with zero attached hydrogens (tertiary/aromatic N) is 3. The van der Waals surface area contributed by atoms with Crippen LogP contribution < -0.4 is 4.90 Å². The summed E-state index contributed by atoms with van der Waals surface area (Å²) in [5.74, 6) is -0.464. The number of carbonyl (C=O) groups excluding carboxylic acids is 1. The van der Waals surface area contributed by atoms with E-state index in [1.165, 1.54) is 17.3 Å². The van der Waals surface area contributed by atoms with Crippen LogP contribution in [0, 0.1) is 12.7 Å². The monoisotopic (exact) mass is 291 g/mol. The van der Waals surface area contributed by atoms with Gasteiger partial charge in [-0.25, -0.2) is 14.2 Å². The van der Waals surface area contributed by atoms with E-state index >= 15 is 0 Å². The zero-order valence-corrected chi connectivity index (χ0v) is 11.4. The molecule has 1 amide bonds. The number of halogens is 1. The lowest BCUT2D eigenvalue weighted by atomic mass is 10.2. The van der Waals surface area contributed by atoms with Crippen LogP contribution >= 0.6 is 0 Å². The number of benzene rings is 1. The Morgan fingerprint density at radius 3 is 2.90 bits per heavy atom. The number of hydrogen-bond acceptors (Lipinski definition) is 4. The highest BCUT2D eigenvalue weighted by Gasteiger charge is 2.32. The minimum atomic E-state index is -0.583. The lowest BCUT2D eigenvalue weighted by Gasteiger charge is -2.14. The van der Waals surface area contributed by atoms with Crippen molar-refractivity contribution in [2.75, 3.05) is 18.1 Å². The van der Waals surface area contributed by atoms with Crippen molar-refractivity contribution in [2.24, 2.45) is 0 Å². The van der Waals surface area contributed by atoms with Gasteiger partial charge in [0.05, 0.1) is 30.9 Å². The van der Waals surface area contributed by atoms with E-state index in [1.54, 1.807) is 22.9 Å². The van der Waals surface area contributed by atoms with E-state index in [0.29, 0.717) is 11.4 Å². The predicted molar refractivity (Wildman–Crippen MR) is 73.0 cm³/mol. The Labute approximate surface area is 120 Å². The fraction of sp³-hybridized carbons (Fsp3) is 0.286. The summed E-state index contributed by atoms with van der Waals surface area (Å²) in [6.07, 6.45) is 2.01. The van der Waals surface area contributed by atoms with Crippen molar-refractivity contribution >= 4 is 11.8 Å². The van der Waals surface area contributed by atoms with Crippen molar-refractivity contribution in [2.45, 2.75) is 13.0 Å². The topological polar surface area (TPSA) is 67.6 Å². The third-order valence-electron chi connectivity index (χ3n) is 3.40. The average Bonchev–Trinajstić information content (AvgIpc) is 3.05. The maximum absolute atomic E-state index is 14.3. The van der Waals surface area contributed by atoms with Gasteiger partial charge in [0.25, 0.3) is 0 Å². The van der Waals surface area contributed by atoms with E-state index in [4.69, 9.17) is 9.84 Å². The summed E-state index contributed by atoms with van der Waals surface area (Å²) in [6, 6.07) is 4.49. The largest absolute Gasteiger partial charge is 0.441 e. The van der Waals surface area contributed by atoms with Gasteiger partial charge in [-0.3, -0.25) is 4.90 Å². The van der Waals surface area contributed by atoms with Crippen molar-refractivity contribution in [3.8, 4) is 5.69 Å².